The zero-order valence-corrected chi connectivity index (χ0v) is 14.0. The van der Waals surface area contributed by atoms with Crippen molar-refractivity contribution >= 4 is 17.5 Å². The summed E-state index contributed by atoms with van der Waals surface area (Å²) in [4.78, 5) is 11.4. The van der Waals surface area contributed by atoms with Gasteiger partial charge in [0.05, 0.1) is 0 Å². The molecule has 2 aromatic rings. The van der Waals surface area contributed by atoms with Crippen LogP contribution in [0.3, 0.4) is 0 Å². The molecule has 4 rings (SSSR count). The van der Waals surface area contributed by atoms with E-state index in [2.05, 4.69) is 45.7 Å². The number of hydrogen-bond donors (Lipinski definition) is 2. The number of benzene rings is 1. The minimum Gasteiger partial charge on any atom is -0.334 e. The van der Waals surface area contributed by atoms with Crippen LogP contribution < -0.4 is 15.6 Å². The third-order valence-electron chi connectivity index (χ3n) is 4.52. The summed E-state index contributed by atoms with van der Waals surface area (Å²) in [5.41, 5.74) is 7.08. The van der Waals surface area contributed by atoms with Gasteiger partial charge in [-0.25, -0.2) is 9.99 Å². The Balaban J connectivity index is 1.61. The summed E-state index contributed by atoms with van der Waals surface area (Å²) in [5.74, 6) is 1.58. The molecule has 0 spiro atoms. The van der Waals surface area contributed by atoms with Crippen molar-refractivity contribution in [3.63, 3.8) is 0 Å². The lowest BCUT2D eigenvalue weighted by atomic mass is 9.99. The van der Waals surface area contributed by atoms with E-state index >= 15 is 0 Å². The Kier molecular flexibility index (Phi) is 3.82. The maximum atomic E-state index is 4.73. The summed E-state index contributed by atoms with van der Waals surface area (Å²) in [6.07, 6.45) is 8.09. The molecule has 0 aliphatic carbocycles. The molecule has 124 valence electrons. The summed E-state index contributed by atoms with van der Waals surface area (Å²) >= 11 is 0. The second-order valence-corrected chi connectivity index (χ2v) is 6.31. The average molecular weight is 322 g/mol. The van der Waals surface area contributed by atoms with E-state index in [1.165, 1.54) is 16.8 Å². The fourth-order valence-electron chi connectivity index (χ4n) is 3.27. The van der Waals surface area contributed by atoms with Crippen LogP contribution in [0, 0.1) is 6.92 Å². The molecule has 2 aliphatic rings. The molecule has 3 heterocycles. The molecule has 2 N–H and O–H groups in total. The van der Waals surface area contributed by atoms with Crippen molar-refractivity contribution in [3.8, 4) is 0 Å². The Morgan fingerprint density at radius 3 is 3.04 bits per heavy atom. The third-order valence-corrected chi connectivity index (χ3v) is 4.52. The van der Waals surface area contributed by atoms with Crippen molar-refractivity contribution in [1.82, 2.24) is 20.4 Å². The number of hydrogen-bond acceptors (Lipinski definition) is 6. The van der Waals surface area contributed by atoms with Gasteiger partial charge in [-0.2, -0.15) is 4.98 Å². The molecule has 0 fully saturated rings. The Hall–Kier alpha value is -2.60. The lowest BCUT2D eigenvalue weighted by Crippen LogP contribution is -2.38. The number of likely N-dealkylation sites (N-methyl/N-ethyl adjacent to an activating group) is 1. The van der Waals surface area contributed by atoms with Gasteiger partial charge in [0.15, 0.2) is 0 Å². The highest BCUT2D eigenvalue weighted by atomic mass is 15.6. The number of aryl methyl sites for hydroxylation is 2. The average Bonchev–Trinajstić information content (AvgIpc) is 2.99. The van der Waals surface area contributed by atoms with Crippen molar-refractivity contribution in [2.45, 2.75) is 25.9 Å². The molecule has 6 heteroatoms. The molecule has 6 nitrogen and oxygen atoms in total. The van der Waals surface area contributed by atoms with Crippen molar-refractivity contribution in [2.24, 2.45) is 0 Å². The van der Waals surface area contributed by atoms with Crippen LogP contribution in [0.1, 0.15) is 17.5 Å². The first-order valence-electron chi connectivity index (χ1n) is 8.33. The molecule has 0 saturated heterocycles. The number of rotatable bonds is 3. The van der Waals surface area contributed by atoms with Gasteiger partial charge in [0, 0.05) is 31.7 Å². The summed E-state index contributed by atoms with van der Waals surface area (Å²) in [7, 11) is 1.98. The van der Waals surface area contributed by atoms with Gasteiger partial charge in [-0.15, -0.1) is 0 Å². The normalized spacial score (nSPS) is 19.9. The van der Waals surface area contributed by atoms with Crippen LogP contribution in [0.2, 0.25) is 0 Å². The van der Waals surface area contributed by atoms with Gasteiger partial charge >= 0.3 is 0 Å². The molecule has 0 saturated carbocycles. The first-order chi connectivity index (χ1) is 11.7. The maximum absolute atomic E-state index is 4.73. The van der Waals surface area contributed by atoms with Crippen LogP contribution >= 0.6 is 0 Å². The SMILES string of the molecule is Cc1ccc2c(c1)CCCN2c1ccnc(NC2C=CNN2C)n1. The molecule has 1 aromatic heterocycles. The van der Waals surface area contributed by atoms with E-state index in [1.54, 1.807) is 0 Å². The largest absolute Gasteiger partial charge is 0.334 e. The van der Waals surface area contributed by atoms with E-state index in [-0.39, 0.29) is 6.17 Å². The van der Waals surface area contributed by atoms with Gasteiger partial charge in [0.2, 0.25) is 5.95 Å². The van der Waals surface area contributed by atoms with Crippen molar-refractivity contribution < 1.29 is 0 Å². The minimum atomic E-state index is 0.0524. The highest BCUT2D eigenvalue weighted by Gasteiger charge is 2.21. The van der Waals surface area contributed by atoms with Crippen LogP contribution in [0.4, 0.5) is 17.5 Å². The first kappa shape index (κ1) is 15.0. The van der Waals surface area contributed by atoms with Gasteiger partial charge < -0.3 is 15.6 Å². The Labute approximate surface area is 142 Å². The molecule has 0 bridgehead atoms. The molecular weight excluding hydrogens is 300 g/mol. The maximum Gasteiger partial charge on any atom is 0.226 e. The van der Waals surface area contributed by atoms with Gasteiger partial charge in [-0.1, -0.05) is 17.7 Å². The molecule has 2 aliphatic heterocycles. The minimum absolute atomic E-state index is 0.0524. The lowest BCUT2D eigenvalue weighted by Gasteiger charge is -2.31. The van der Waals surface area contributed by atoms with Gasteiger partial charge in [-0.3, -0.25) is 0 Å². The molecule has 24 heavy (non-hydrogen) atoms. The van der Waals surface area contributed by atoms with E-state index in [0.717, 1.165) is 25.2 Å². The van der Waals surface area contributed by atoms with E-state index in [9.17, 15) is 0 Å². The third kappa shape index (κ3) is 2.80. The fraction of sp³-hybridized carbons (Fsp3) is 0.333. The fourth-order valence-corrected chi connectivity index (χ4v) is 3.27. The molecular formula is C18H22N6. The molecule has 1 aromatic carbocycles. The summed E-state index contributed by atoms with van der Waals surface area (Å²) in [6.45, 7) is 3.13. The Morgan fingerprint density at radius 2 is 2.21 bits per heavy atom. The van der Waals surface area contributed by atoms with Gasteiger partial charge in [0.25, 0.3) is 0 Å². The predicted octanol–water partition coefficient (Wildman–Crippen LogP) is 2.57. The van der Waals surface area contributed by atoms with E-state index in [0.29, 0.717) is 5.95 Å². The Bertz CT molecular complexity index is 772. The number of aromatic nitrogens is 2. The van der Waals surface area contributed by atoms with E-state index in [1.807, 2.05) is 36.6 Å². The zero-order valence-electron chi connectivity index (χ0n) is 14.0. The number of nitrogens with zero attached hydrogens (tertiary/aromatic N) is 4. The second kappa shape index (κ2) is 6.13. The summed E-state index contributed by atoms with van der Waals surface area (Å²) < 4.78 is 0. The van der Waals surface area contributed by atoms with Crippen molar-refractivity contribution in [2.75, 3.05) is 23.8 Å². The van der Waals surface area contributed by atoms with Crippen LogP contribution in [-0.2, 0) is 6.42 Å². The summed E-state index contributed by atoms with van der Waals surface area (Å²) in [5, 5.41) is 5.30. The number of hydrazine groups is 1. The van der Waals surface area contributed by atoms with Crippen LogP contribution in [0.5, 0.6) is 0 Å². The second-order valence-electron chi connectivity index (χ2n) is 6.31. The Morgan fingerprint density at radius 1 is 1.29 bits per heavy atom. The molecule has 1 unspecified atom stereocenters. The molecule has 1 atom stereocenters. The van der Waals surface area contributed by atoms with Crippen LogP contribution in [-0.4, -0.2) is 34.7 Å². The highest BCUT2D eigenvalue weighted by Crippen LogP contribution is 2.33. The first-order valence-corrected chi connectivity index (χ1v) is 8.33. The van der Waals surface area contributed by atoms with Crippen LogP contribution in [0.25, 0.3) is 0 Å². The predicted molar refractivity (Wildman–Crippen MR) is 96.0 cm³/mol. The van der Waals surface area contributed by atoms with E-state index < -0.39 is 0 Å². The van der Waals surface area contributed by atoms with Gasteiger partial charge in [-0.05, 0) is 43.5 Å². The highest BCUT2D eigenvalue weighted by molar-refractivity contribution is 5.66. The topological polar surface area (TPSA) is 56.3 Å². The van der Waals surface area contributed by atoms with Crippen molar-refractivity contribution in [1.29, 1.82) is 0 Å². The quantitative estimate of drug-likeness (QED) is 0.906. The number of anilines is 3. The number of nitrogens with one attached hydrogen (secondary N) is 2. The summed E-state index contributed by atoms with van der Waals surface area (Å²) in [6, 6.07) is 8.64. The van der Waals surface area contributed by atoms with Crippen LogP contribution in [0.15, 0.2) is 42.7 Å². The standard InChI is InChI=1S/C18H22N6/c1-13-5-6-15-14(12-13)4-3-11-24(15)17-7-9-19-18(22-17)21-16-8-10-20-23(16)2/h5-10,12,16,20H,3-4,11H2,1-2H3,(H,19,21,22). The van der Waals surface area contributed by atoms with Crippen molar-refractivity contribution in [3.05, 3.63) is 53.9 Å². The molecule has 0 radical (unpaired) electrons. The smallest absolute Gasteiger partial charge is 0.226 e. The van der Waals surface area contributed by atoms with E-state index in [4.69, 9.17) is 4.98 Å². The number of fused-ring (bicyclic) bond motifs is 1. The monoisotopic (exact) mass is 322 g/mol. The molecule has 0 amide bonds. The zero-order chi connectivity index (χ0) is 16.5. The van der Waals surface area contributed by atoms with Gasteiger partial charge in [0.1, 0.15) is 12.0 Å². The lowest BCUT2D eigenvalue weighted by molar-refractivity contribution is 0.272.